The van der Waals surface area contributed by atoms with Gasteiger partial charge in [0.1, 0.15) is 0 Å². The summed E-state index contributed by atoms with van der Waals surface area (Å²) in [6.07, 6.45) is 0. The molecule has 1 heterocycles. The van der Waals surface area contributed by atoms with Crippen LogP contribution in [0.15, 0.2) is 5.38 Å². The van der Waals surface area contributed by atoms with Crippen LogP contribution in [0.1, 0.15) is 17.6 Å². The van der Waals surface area contributed by atoms with Gasteiger partial charge in [0.05, 0.1) is 10.7 Å². The van der Waals surface area contributed by atoms with Crippen molar-refractivity contribution in [1.82, 2.24) is 4.98 Å². The van der Waals surface area contributed by atoms with Gasteiger partial charge in [-0.05, 0) is 12.7 Å². The molecule has 1 nitrogen and oxygen atoms in total. The smallest absolute Gasteiger partial charge is 0.0897 e. The number of thioether (sulfide) groups is 1. The molecule has 0 unspecified atom stereocenters. The molecule has 0 spiro atoms. The molecule has 1 aromatic heterocycles. The van der Waals surface area contributed by atoms with Crippen molar-refractivity contribution >= 4 is 23.1 Å². The minimum Gasteiger partial charge on any atom is -0.246 e. The van der Waals surface area contributed by atoms with Crippen molar-refractivity contribution < 1.29 is 0 Å². The van der Waals surface area contributed by atoms with E-state index in [0.717, 1.165) is 5.75 Å². The SMILES string of the molecule is CCSCc1csc(C)n1. The number of hydrogen-bond acceptors (Lipinski definition) is 3. The summed E-state index contributed by atoms with van der Waals surface area (Å²) < 4.78 is 0. The van der Waals surface area contributed by atoms with Crippen molar-refractivity contribution in [1.29, 1.82) is 0 Å². The Bertz CT molecular complexity index is 195. The molecule has 0 bridgehead atoms. The van der Waals surface area contributed by atoms with Crippen molar-refractivity contribution in [2.75, 3.05) is 5.75 Å². The van der Waals surface area contributed by atoms with Gasteiger partial charge >= 0.3 is 0 Å². The summed E-state index contributed by atoms with van der Waals surface area (Å²) in [4.78, 5) is 4.35. The fraction of sp³-hybridized carbons (Fsp3) is 0.571. The number of hydrogen-bond donors (Lipinski definition) is 0. The quantitative estimate of drug-likeness (QED) is 0.697. The highest BCUT2D eigenvalue weighted by molar-refractivity contribution is 7.98. The molecule has 0 radical (unpaired) electrons. The molecule has 0 saturated carbocycles. The van der Waals surface area contributed by atoms with E-state index in [1.165, 1.54) is 16.5 Å². The molecule has 0 N–H and O–H groups in total. The standard InChI is InChI=1S/C7H11NS2/c1-3-9-4-7-5-10-6(2)8-7/h5H,3-4H2,1-2H3. The second-order valence-electron chi connectivity index (χ2n) is 1.99. The summed E-state index contributed by atoms with van der Waals surface area (Å²) in [6, 6.07) is 0. The number of thiazole rings is 1. The van der Waals surface area contributed by atoms with Gasteiger partial charge in [0.25, 0.3) is 0 Å². The fourth-order valence-corrected chi connectivity index (χ4v) is 1.96. The van der Waals surface area contributed by atoms with E-state index in [4.69, 9.17) is 0 Å². The zero-order valence-electron chi connectivity index (χ0n) is 6.26. The van der Waals surface area contributed by atoms with Gasteiger partial charge in [0, 0.05) is 11.1 Å². The minimum atomic E-state index is 1.07. The highest BCUT2D eigenvalue weighted by Crippen LogP contribution is 2.14. The monoisotopic (exact) mass is 173 g/mol. The molecule has 3 heteroatoms. The lowest BCUT2D eigenvalue weighted by molar-refractivity contribution is 1.18. The summed E-state index contributed by atoms with van der Waals surface area (Å²) in [7, 11) is 0. The van der Waals surface area contributed by atoms with E-state index in [1.807, 2.05) is 18.7 Å². The van der Waals surface area contributed by atoms with E-state index >= 15 is 0 Å². The fourth-order valence-electron chi connectivity index (χ4n) is 0.681. The normalized spacial score (nSPS) is 10.2. The van der Waals surface area contributed by atoms with E-state index in [1.54, 1.807) is 11.3 Å². The molecule has 0 saturated heterocycles. The molecular formula is C7H11NS2. The van der Waals surface area contributed by atoms with Crippen LogP contribution in [0.4, 0.5) is 0 Å². The Morgan fingerprint density at radius 3 is 3.00 bits per heavy atom. The van der Waals surface area contributed by atoms with E-state index in [-0.39, 0.29) is 0 Å². The Balaban J connectivity index is 2.42. The molecule has 1 rings (SSSR count). The second-order valence-corrected chi connectivity index (χ2v) is 4.33. The molecule has 10 heavy (non-hydrogen) atoms. The Kier molecular flexibility index (Phi) is 3.22. The Morgan fingerprint density at radius 2 is 2.50 bits per heavy atom. The lowest BCUT2D eigenvalue weighted by Gasteiger charge is -1.90. The van der Waals surface area contributed by atoms with Crippen LogP contribution in [0.5, 0.6) is 0 Å². The first kappa shape index (κ1) is 8.08. The van der Waals surface area contributed by atoms with E-state index in [2.05, 4.69) is 17.3 Å². The van der Waals surface area contributed by atoms with Crippen LogP contribution in [-0.2, 0) is 5.75 Å². The molecule has 0 aliphatic carbocycles. The van der Waals surface area contributed by atoms with Crippen molar-refractivity contribution in [3.05, 3.63) is 16.1 Å². The third-order valence-corrected chi connectivity index (χ3v) is 2.85. The second kappa shape index (κ2) is 3.98. The van der Waals surface area contributed by atoms with Crippen LogP contribution >= 0.6 is 23.1 Å². The maximum atomic E-state index is 4.35. The first-order valence-corrected chi connectivity index (χ1v) is 5.35. The number of aromatic nitrogens is 1. The van der Waals surface area contributed by atoms with Crippen LogP contribution in [-0.4, -0.2) is 10.7 Å². The molecule has 0 aliphatic heterocycles. The van der Waals surface area contributed by atoms with Crippen LogP contribution < -0.4 is 0 Å². The van der Waals surface area contributed by atoms with Crippen molar-refractivity contribution in [3.63, 3.8) is 0 Å². The third-order valence-electron chi connectivity index (χ3n) is 1.12. The van der Waals surface area contributed by atoms with Crippen LogP contribution in [0, 0.1) is 6.92 Å². The van der Waals surface area contributed by atoms with Gasteiger partial charge < -0.3 is 0 Å². The third kappa shape index (κ3) is 2.31. The van der Waals surface area contributed by atoms with E-state index in [9.17, 15) is 0 Å². The topological polar surface area (TPSA) is 12.9 Å². The van der Waals surface area contributed by atoms with Crippen LogP contribution in [0.3, 0.4) is 0 Å². The largest absolute Gasteiger partial charge is 0.246 e. The van der Waals surface area contributed by atoms with Crippen molar-refractivity contribution in [2.24, 2.45) is 0 Å². The minimum absolute atomic E-state index is 1.07. The van der Waals surface area contributed by atoms with Gasteiger partial charge in [-0.2, -0.15) is 11.8 Å². The highest BCUT2D eigenvalue weighted by Gasteiger charge is 1.95. The van der Waals surface area contributed by atoms with Gasteiger partial charge in [0.2, 0.25) is 0 Å². The Morgan fingerprint density at radius 1 is 1.70 bits per heavy atom. The van der Waals surface area contributed by atoms with Gasteiger partial charge in [-0.25, -0.2) is 4.98 Å². The number of nitrogens with zero attached hydrogens (tertiary/aromatic N) is 1. The predicted octanol–water partition coefficient (Wildman–Crippen LogP) is 2.70. The molecule has 0 aliphatic rings. The lowest BCUT2D eigenvalue weighted by atomic mass is 10.6. The zero-order valence-corrected chi connectivity index (χ0v) is 7.89. The summed E-state index contributed by atoms with van der Waals surface area (Å²) in [5.74, 6) is 2.25. The highest BCUT2D eigenvalue weighted by atomic mass is 32.2. The Hall–Kier alpha value is -0.0200. The molecule has 0 atom stereocenters. The summed E-state index contributed by atoms with van der Waals surface area (Å²) in [5, 5.41) is 3.31. The van der Waals surface area contributed by atoms with Gasteiger partial charge in [-0.15, -0.1) is 11.3 Å². The number of aryl methyl sites for hydroxylation is 1. The molecule has 0 fully saturated rings. The molecular weight excluding hydrogens is 162 g/mol. The maximum Gasteiger partial charge on any atom is 0.0897 e. The first-order chi connectivity index (χ1) is 4.83. The lowest BCUT2D eigenvalue weighted by Crippen LogP contribution is -1.80. The van der Waals surface area contributed by atoms with Gasteiger partial charge in [-0.1, -0.05) is 6.92 Å². The van der Waals surface area contributed by atoms with Crippen molar-refractivity contribution in [3.8, 4) is 0 Å². The van der Waals surface area contributed by atoms with Crippen LogP contribution in [0.25, 0.3) is 0 Å². The summed E-state index contributed by atoms with van der Waals surface area (Å²) in [6.45, 7) is 4.22. The molecule has 56 valence electrons. The summed E-state index contributed by atoms with van der Waals surface area (Å²) >= 11 is 3.65. The van der Waals surface area contributed by atoms with Gasteiger partial charge in [0.15, 0.2) is 0 Å². The molecule has 0 amide bonds. The van der Waals surface area contributed by atoms with Crippen molar-refractivity contribution in [2.45, 2.75) is 19.6 Å². The van der Waals surface area contributed by atoms with E-state index < -0.39 is 0 Å². The first-order valence-electron chi connectivity index (χ1n) is 3.31. The van der Waals surface area contributed by atoms with Crippen LogP contribution in [0.2, 0.25) is 0 Å². The average molecular weight is 173 g/mol. The zero-order chi connectivity index (χ0) is 7.40. The summed E-state index contributed by atoms with van der Waals surface area (Å²) in [5.41, 5.74) is 1.23. The van der Waals surface area contributed by atoms with E-state index in [0.29, 0.717) is 0 Å². The average Bonchev–Trinajstić information content (AvgIpc) is 2.31. The molecule has 1 aromatic rings. The van der Waals surface area contributed by atoms with Gasteiger partial charge in [-0.3, -0.25) is 0 Å². The maximum absolute atomic E-state index is 4.35. The molecule has 0 aromatic carbocycles. The Labute approximate surface area is 69.9 Å². The number of rotatable bonds is 3. The predicted molar refractivity (Wildman–Crippen MR) is 48.7 cm³/mol.